The highest BCUT2D eigenvalue weighted by atomic mass is 32.2. The fourth-order valence-electron chi connectivity index (χ4n) is 5.11. The lowest BCUT2D eigenvalue weighted by atomic mass is 9.60. The first-order valence-corrected chi connectivity index (χ1v) is 11.0. The van der Waals surface area contributed by atoms with Crippen molar-refractivity contribution in [2.45, 2.75) is 43.0 Å². The number of aromatic nitrogens is 3. The number of thioether (sulfide) groups is 1. The predicted octanol–water partition coefficient (Wildman–Crippen LogP) is 3.44. The Hall–Kier alpha value is -2.28. The molecule has 1 aromatic carbocycles. The summed E-state index contributed by atoms with van der Waals surface area (Å²) in [5.74, 6) is 3.13. The van der Waals surface area contributed by atoms with Crippen LogP contribution in [0.3, 0.4) is 0 Å². The number of hydrazine groups is 1. The molecular formula is C21H25N5OS. The van der Waals surface area contributed by atoms with Gasteiger partial charge in [-0.25, -0.2) is 0 Å². The van der Waals surface area contributed by atoms with Gasteiger partial charge in [0.2, 0.25) is 0 Å². The van der Waals surface area contributed by atoms with E-state index in [4.69, 9.17) is 0 Å². The van der Waals surface area contributed by atoms with Crippen LogP contribution < -0.4 is 10.9 Å². The molecule has 2 aromatic rings. The summed E-state index contributed by atoms with van der Waals surface area (Å²) in [7, 11) is 1.93. The van der Waals surface area contributed by atoms with Crippen LogP contribution in [-0.2, 0) is 12.8 Å². The van der Waals surface area contributed by atoms with Crippen LogP contribution in [0.5, 0.6) is 0 Å². The zero-order chi connectivity index (χ0) is 19.1. The number of hydrogen-bond donors (Lipinski definition) is 2. The van der Waals surface area contributed by atoms with E-state index in [9.17, 15) is 4.79 Å². The molecule has 0 aliphatic heterocycles. The molecule has 28 heavy (non-hydrogen) atoms. The smallest absolute Gasteiger partial charge is 0.269 e. The lowest BCUT2D eigenvalue weighted by Crippen LogP contribution is -2.45. The Morgan fingerprint density at radius 2 is 1.93 bits per heavy atom. The Morgan fingerprint density at radius 1 is 1.18 bits per heavy atom. The standard InChI is InChI=1S/C21H25N5OS/c1-26-12-22-25-21(26)28-11-13-2-4-16(5-3-13)20(27)24-23-19-17-7-14-6-15(9-17)10-18(19)8-14/h2-5,12,14-15,17,23H,6-11H2,1H3,(H,24,27)/t14-,15+,17?. The molecule has 0 spiro atoms. The topological polar surface area (TPSA) is 71.8 Å². The molecule has 0 radical (unpaired) electrons. The number of nitrogens with one attached hydrogen (secondary N) is 2. The summed E-state index contributed by atoms with van der Waals surface area (Å²) in [6.07, 6.45) is 8.14. The SMILES string of the molecule is Cn1cnnc1SCc1ccc(C(=O)NNC2=C3C[C@@H]4CC2C[C@H](C3)C4)cc1. The highest BCUT2D eigenvalue weighted by Gasteiger charge is 2.41. The van der Waals surface area contributed by atoms with E-state index in [1.807, 2.05) is 35.9 Å². The molecule has 6 nitrogen and oxygen atoms in total. The monoisotopic (exact) mass is 395 g/mol. The number of allylic oxidation sites excluding steroid dienone is 2. The molecule has 2 N–H and O–H groups in total. The van der Waals surface area contributed by atoms with Crippen LogP contribution in [0.15, 0.2) is 47.0 Å². The van der Waals surface area contributed by atoms with E-state index in [0.29, 0.717) is 11.5 Å². The maximum atomic E-state index is 12.6. The van der Waals surface area contributed by atoms with E-state index < -0.39 is 0 Å². The molecule has 146 valence electrons. The zero-order valence-electron chi connectivity index (χ0n) is 16.0. The molecular weight excluding hydrogens is 370 g/mol. The minimum absolute atomic E-state index is 0.0746. The van der Waals surface area contributed by atoms with Gasteiger partial charge in [0.15, 0.2) is 5.16 Å². The van der Waals surface area contributed by atoms with Gasteiger partial charge >= 0.3 is 0 Å². The van der Waals surface area contributed by atoms with Crippen LogP contribution in [0.1, 0.15) is 48.0 Å². The zero-order valence-corrected chi connectivity index (χ0v) is 16.8. The number of carbonyl (C=O) groups excluding carboxylic acids is 1. The maximum absolute atomic E-state index is 12.6. The summed E-state index contributed by atoms with van der Waals surface area (Å²) >= 11 is 1.63. The van der Waals surface area contributed by atoms with Gasteiger partial charge < -0.3 is 9.99 Å². The minimum atomic E-state index is -0.0746. The van der Waals surface area contributed by atoms with Crippen LogP contribution in [0.4, 0.5) is 0 Å². The van der Waals surface area contributed by atoms with Crippen molar-refractivity contribution in [3.05, 3.63) is 53.0 Å². The molecule has 1 aromatic heterocycles. The van der Waals surface area contributed by atoms with Gasteiger partial charge in [0.1, 0.15) is 6.33 Å². The second-order valence-electron chi connectivity index (χ2n) is 8.35. The summed E-state index contributed by atoms with van der Waals surface area (Å²) in [5, 5.41) is 8.85. The second kappa shape index (κ2) is 7.28. The molecule has 4 bridgehead atoms. The Labute approximate surface area is 169 Å². The predicted molar refractivity (Wildman–Crippen MR) is 108 cm³/mol. The van der Waals surface area contributed by atoms with E-state index >= 15 is 0 Å². The third-order valence-corrected chi connectivity index (χ3v) is 7.43. The van der Waals surface area contributed by atoms with E-state index in [-0.39, 0.29) is 5.91 Å². The molecule has 1 amide bonds. The first kappa shape index (κ1) is 17.8. The highest BCUT2D eigenvalue weighted by molar-refractivity contribution is 7.98. The molecule has 6 rings (SSSR count). The fraction of sp³-hybridized carbons (Fsp3) is 0.476. The molecule has 2 fully saturated rings. The molecule has 1 heterocycles. The lowest BCUT2D eigenvalue weighted by molar-refractivity contribution is 0.0925. The van der Waals surface area contributed by atoms with E-state index in [0.717, 1.165) is 28.3 Å². The van der Waals surface area contributed by atoms with Crippen molar-refractivity contribution < 1.29 is 4.79 Å². The Kier molecular flexibility index (Phi) is 4.62. The first-order valence-electron chi connectivity index (χ1n) is 9.99. The van der Waals surface area contributed by atoms with Gasteiger partial charge in [0.05, 0.1) is 0 Å². The lowest BCUT2D eigenvalue weighted by Gasteiger charge is -2.47. The minimum Gasteiger partial charge on any atom is -0.312 e. The van der Waals surface area contributed by atoms with E-state index in [2.05, 4.69) is 21.0 Å². The van der Waals surface area contributed by atoms with Gasteiger partial charge in [-0.05, 0) is 67.2 Å². The average molecular weight is 396 g/mol. The fourth-order valence-corrected chi connectivity index (χ4v) is 5.96. The number of amides is 1. The second-order valence-corrected chi connectivity index (χ2v) is 9.29. The van der Waals surface area contributed by atoms with Crippen LogP contribution in [0, 0.1) is 17.8 Å². The average Bonchev–Trinajstić information content (AvgIpc) is 3.10. The van der Waals surface area contributed by atoms with Gasteiger partial charge in [-0.3, -0.25) is 10.2 Å². The van der Waals surface area contributed by atoms with Crippen LogP contribution >= 0.6 is 11.8 Å². The van der Waals surface area contributed by atoms with E-state index in [1.165, 1.54) is 37.8 Å². The number of benzene rings is 1. The van der Waals surface area contributed by atoms with Crippen molar-refractivity contribution in [3.8, 4) is 0 Å². The van der Waals surface area contributed by atoms with Crippen molar-refractivity contribution in [2.24, 2.45) is 24.8 Å². The quantitative estimate of drug-likeness (QED) is 0.579. The largest absolute Gasteiger partial charge is 0.312 e. The van der Waals surface area contributed by atoms with Crippen molar-refractivity contribution in [1.29, 1.82) is 0 Å². The Bertz CT molecular complexity index is 903. The van der Waals surface area contributed by atoms with Crippen LogP contribution in [0.2, 0.25) is 0 Å². The number of nitrogens with zero attached hydrogens (tertiary/aromatic N) is 3. The summed E-state index contributed by atoms with van der Waals surface area (Å²) in [5.41, 5.74) is 10.9. The van der Waals surface area contributed by atoms with Crippen LogP contribution in [-0.4, -0.2) is 20.7 Å². The summed E-state index contributed by atoms with van der Waals surface area (Å²) < 4.78 is 1.90. The van der Waals surface area contributed by atoms with Crippen LogP contribution in [0.25, 0.3) is 0 Å². The van der Waals surface area contributed by atoms with Gasteiger partial charge in [-0.2, -0.15) is 0 Å². The van der Waals surface area contributed by atoms with Crippen molar-refractivity contribution in [2.75, 3.05) is 0 Å². The molecule has 7 heteroatoms. The summed E-state index contributed by atoms with van der Waals surface area (Å²) in [4.78, 5) is 12.6. The molecule has 4 aliphatic rings. The number of rotatable bonds is 6. The molecule has 0 saturated heterocycles. The van der Waals surface area contributed by atoms with Crippen molar-refractivity contribution in [1.82, 2.24) is 25.6 Å². The number of aryl methyl sites for hydroxylation is 1. The first-order chi connectivity index (χ1) is 13.7. The Morgan fingerprint density at radius 3 is 2.57 bits per heavy atom. The molecule has 4 aliphatic carbocycles. The number of hydrogen-bond acceptors (Lipinski definition) is 5. The summed E-state index contributed by atoms with van der Waals surface area (Å²) in [6.45, 7) is 0. The Balaban J connectivity index is 1.18. The molecule has 3 atom stereocenters. The normalized spacial score (nSPS) is 25.2. The highest BCUT2D eigenvalue weighted by Crippen LogP contribution is 2.52. The summed E-state index contributed by atoms with van der Waals surface area (Å²) in [6, 6.07) is 7.78. The number of carbonyl (C=O) groups is 1. The van der Waals surface area contributed by atoms with Gasteiger partial charge in [0.25, 0.3) is 5.91 Å². The van der Waals surface area contributed by atoms with E-state index in [1.54, 1.807) is 23.7 Å². The van der Waals surface area contributed by atoms with Crippen molar-refractivity contribution in [3.63, 3.8) is 0 Å². The van der Waals surface area contributed by atoms with Gasteiger partial charge in [-0.15, -0.1) is 10.2 Å². The third kappa shape index (κ3) is 3.43. The van der Waals surface area contributed by atoms with Gasteiger partial charge in [-0.1, -0.05) is 23.9 Å². The molecule has 1 unspecified atom stereocenters. The van der Waals surface area contributed by atoms with Gasteiger partial charge in [0, 0.05) is 30.0 Å². The van der Waals surface area contributed by atoms with Crippen molar-refractivity contribution >= 4 is 17.7 Å². The maximum Gasteiger partial charge on any atom is 0.269 e. The molecule has 2 saturated carbocycles. The third-order valence-electron chi connectivity index (χ3n) is 6.33.